The summed E-state index contributed by atoms with van der Waals surface area (Å²) in [5.41, 5.74) is 1.41. The van der Waals surface area contributed by atoms with E-state index < -0.39 is 10.0 Å². The van der Waals surface area contributed by atoms with E-state index in [1.54, 1.807) is 38.2 Å². The van der Waals surface area contributed by atoms with Crippen LogP contribution >= 0.6 is 11.6 Å². The van der Waals surface area contributed by atoms with Crippen molar-refractivity contribution in [3.8, 4) is 0 Å². The van der Waals surface area contributed by atoms with Crippen LogP contribution in [0.15, 0.2) is 35.4 Å². The van der Waals surface area contributed by atoms with Gasteiger partial charge >= 0.3 is 0 Å². The third-order valence-corrected chi connectivity index (χ3v) is 4.58. The lowest BCUT2D eigenvalue weighted by molar-refractivity contribution is 0.570. The summed E-state index contributed by atoms with van der Waals surface area (Å²) >= 11 is 5.78. The first-order valence-corrected chi connectivity index (χ1v) is 8.52. The van der Waals surface area contributed by atoms with Crippen molar-refractivity contribution in [2.24, 2.45) is 0 Å². The maximum atomic E-state index is 12.2. The van der Waals surface area contributed by atoms with Gasteiger partial charge in [-0.3, -0.25) is 0 Å². The van der Waals surface area contributed by atoms with Crippen molar-refractivity contribution in [1.82, 2.24) is 14.7 Å². The highest BCUT2D eigenvalue weighted by Crippen LogP contribution is 2.21. The number of aryl methyl sites for hydroxylation is 1. The van der Waals surface area contributed by atoms with Crippen LogP contribution in [0.25, 0.3) is 0 Å². The molecule has 0 aliphatic carbocycles. The van der Waals surface area contributed by atoms with Gasteiger partial charge in [-0.1, -0.05) is 6.07 Å². The zero-order valence-electron chi connectivity index (χ0n) is 12.5. The molecule has 0 aliphatic heterocycles. The molecule has 0 fully saturated rings. The number of hydrogen-bond acceptors (Lipinski definition) is 5. The van der Waals surface area contributed by atoms with Crippen molar-refractivity contribution >= 4 is 33.1 Å². The molecule has 0 bridgehead atoms. The van der Waals surface area contributed by atoms with Gasteiger partial charge in [-0.15, -0.1) is 0 Å². The molecule has 6 nitrogen and oxygen atoms in total. The van der Waals surface area contributed by atoms with Crippen LogP contribution in [0, 0.1) is 6.92 Å². The van der Waals surface area contributed by atoms with Gasteiger partial charge in [0, 0.05) is 23.5 Å². The number of nitrogens with one attached hydrogen (secondary N) is 2. The number of benzene rings is 1. The summed E-state index contributed by atoms with van der Waals surface area (Å²) in [6.07, 6.45) is 1.60. The Morgan fingerprint density at radius 1 is 1.27 bits per heavy atom. The molecule has 0 saturated carbocycles. The zero-order valence-corrected chi connectivity index (χ0v) is 14.0. The minimum absolute atomic E-state index is 0.123. The number of halogens is 1. The summed E-state index contributed by atoms with van der Waals surface area (Å²) in [5, 5.41) is 3.17. The van der Waals surface area contributed by atoms with Gasteiger partial charge in [-0.2, -0.15) is 0 Å². The minimum Gasteiger partial charge on any atom is -0.340 e. The third kappa shape index (κ3) is 4.16. The normalized spacial score (nSPS) is 11.7. The Labute approximate surface area is 135 Å². The summed E-state index contributed by atoms with van der Waals surface area (Å²) < 4.78 is 26.9. The fourth-order valence-corrected chi connectivity index (χ4v) is 3.23. The van der Waals surface area contributed by atoms with E-state index in [0.29, 0.717) is 11.5 Å². The van der Waals surface area contributed by atoms with Gasteiger partial charge in [0.25, 0.3) is 0 Å². The van der Waals surface area contributed by atoms with Crippen LogP contribution in [-0.2, 0) is 10.0 Å². The molecule has 0 aliphatic rings. The molecule has 118 valence electrons. The van der Waals surface area contributed by atoms with Crippen LogP contribution in [0.3, 0.4) is 0 Å². The van der Waals surface area contributed by atoms with E-state index in [-0.39, 0.29) is 16.2 Å². The Balaban J connectivity index is 2.31. The zero-order chi connectivity index (χ0) is 16.3. The number of aromatic nitrogens is 2. The lowest BCUT2D eigenvalue weighted by Crippen LogP contribution is -2.30. The van der Waals surface area contributed by atoms with Gasteiger partial charge in [0.2, 0.25) is 15.3 Å². The second kappa shape index (κ2) is 6.60. The fraction of sp³-hybridized carbons (Fsp3) is 0.286. The first-order chi connectivity index (χ1) is 10.3. The van der Waals surface area contributed by atoms with Crippen molar-refractivity contribution < 1.29 is 8.42 Å². The smallest absolute Gasteiger partial charge is 0.240 e. The summed E-state index contributed by atoms with van der Waals surface area (Å²) in [6, 6.07) is 6.32. The predicted molar refractivity (Wildman–Crippen MR) is 87.0 cm³/mol. The number of anilines is 2. The second-order valence-electron chi connectivity index (χ2n) is 5.10. The average molecular weight is 341 g/mol. The molecule has 0 unspecified atom stereocenters. The number of rotatable bonds is 5. The molecule has 8 heteroatoms. The number of nitrogens with zero attached hydrogens (tertiary/aromatic N) is 2. The van der Waals surface area contributed by atoms with E-state index in [2.05, 4.69) is 20.0 Å². The lowest BCUT2D eigenvalue weighted by Gasteiger charge is -2.12. The molecule has 2 N–H and O–H groups in total. The van der Waals surface area contributed by atoms with Gasteiger partial charge in [0.1, 0.15) is 5.82 Å². The molecule has 1 aromatic heterocycles. The van der Waals surface area contributed by atoms with Crippen molar-refractivity contribution in [2.45, 2.75) is 31.7 Å². The van der Waals surface area contributed by atoms with E-state index in [9.17, 15) is 8.42 Å². The molecule has 0 radical (unpaired) electrons. The van der Waals surface area contributed by atoms with Crippen LogP contribution < -0.4 is 10.0 Å². The highest BCUT2D eigenvalue weighted by Gasteiger charge is 2.15. The monoisotopic (exact) mass is 340 g/mol. The molecular formula is C14H17ClN4O2S. The average Bonchev–Trinajstić information content (AvgIpc) is 2.42. The van der Waals surface area contributed by atoms with Gasteiger partial charge in [0.05, 0.1) is 4.90 Å². The third-order valence-electron chi connectivity index (χ3n) is 2.74. The Hall–Kier alpha value is -1.70. The lowest BCUT2D eigenvalue weighted by atomic mass is 10.3. The van der Waals surface area contributed by atoms with E-state index in [0.717, 1.165) is 5.56 Å². The van der Waals surface area contributed by atoms with Crippen molar-refractivity contribution in [1.29, 1.82) is 0 Å². The maximum absolute atomic E-state index is 12.2. The van der Waals surface area contributed by atoms with Crippen LogP contribution in [0.1, 0.15) is 19.4 Å². The molecular weight excluding hydrogens is 324 g/mol. The summed E-state index contributed by atoms with van der Waals surface area (Å²) in [5.74, 6) is 0.534. The predicted octanol–water partition coefficient (Wildman–Crippen LogP) is 2.87. The molecule has 22 heavy (non-hydrogen) atoms. The largest absolute Gasteiger partial charge is 0.340 e. The standard InChI is InChI=1S/C14H17ClN4O2S/c1-9(2)19-22(20,21)12-6-4-5-11(7-12)17-13-10(3)8-16-14(15)18-13/h4-9,19H,1-3H3,(H,16,17,18). The molecule has 0 saturated heterocycles. The SMILES string of the molecule is Cc1cnc(Cl)nc1Nc1cccc(S(=O)(=O)NC(C)C)c1. The van der Waals surface area contributed by atoms with Crippen LogP contribution in [0.5, 0.6) is 0 Å². The maximum Gasteiger partial charge on any atom is 0.240 e. The quantitative estimate of drug-likeness (QED) is 0.818. The minimum atomic E-state index is -3.54. The second-order valence-corrected chi connectivity index (χ2v) is 7.15. The molecule has 2 rings (SSSR count). The van der Waals surface area contributed by atoms with Crippen molar-refractivity contribution in [3.05, 3.63) is 41.3 Å². The molecule has 1 heterocycles. The number of hydrogen-bond donors (Lipinski definition) is 2. The fourth-order valence-electron chi connectivity index (χ4n) is 1.80. The van der Waals surface area contributed by atoms with E-state index in [1.165, 1.54) is 6.07 Å². The highest BCUT2D eigenvalue weighted by molar-refractivity contribution is 7.89. The Morgan fingerprint density at radius 3 is 2.68 bits per heavy atom. The highest BCUT2D eigenvalue weighted by atomic mass is 35.5. The number of sulfonamides is 1. The van der Waals surface area contributed by atoms with Crippen LogP contribution in [0.4, 0.5) is 11.5 Å². The first-order valence-electron chi connectivity index (χ1n) is 6.66. The Bertz CT molecular complexity index is 778. The topological polar surface area (TPSA) is 84.0 Å². The summed E-state index contributed by atoms with van der Waals surface area (Å²) in [7, 11) is -3.54. The summed E-state index contributed by atoms with van der Waals surface area (Å²) in [4.78, 5) is 8.15. The molecule has 0 atom stereocenters. The summed E-state index contributed by atoms with van der Waals surface area (Å²) in [6.45, 7) is 5.37. The first kappa shape index (κ1) is 16.7. The van der Waals surface area contributed by atoms with Crippen LogP contribution in [0.2, 0.25) is 5.28 Å². The van der Waals surface area contributed by atoms with Gasteiger partial charge < -0.3 is 5.32 Å². The van der Waals surface area contributed by atoms with Gasteiger partial charge in [-0.05, 0) is 50.6 Å². The molecule has 2 aromatic rings. The van der Waals surface area contributed by atoms with Gasteiger partial charge in [0.15, 0.2) is 0 Å². The molecule has 0 amide bonds. The van der Waals surface area contributed by atoms with Gasteiger partial charge in [-0.25, -0.2) is 23.1 Å². The molecule has 0 spiro atoms. The van der Waals surface area contributed by atoms with E-state index in [1.807, 2.05) is 6.92 Å². The van der Waals surface area contributed by atoms with Crippen molar-refractivity contribution in [3.63, 3.8) is 0 Å². The molecule has 1 aromatic carbocycles. The Kier molecular flexibility index (Phi) is 5.00. The Morgan fingerprint density at radius 2 is 2.00 bits per heavy atom. The van der Waals surface area contributed by atoms with E-state index >= 15 is 0 Å². The van der Waals surface area contributed by atoms with Crippen LogP contribution in [-0.4, -0.2) is 24.4 Å². The van der Waals surface area contributed by atoms with Crippen molar-refractivity contribution in [2.75, 3.05) is 5.32 Å². The van der Waals surface area contributed by atoms with E-state index in [4.69, 9.17) is 11.6 Å².